The van der Waals surface area contributed by atoms with Gasteiger partial charge in [0.15, 0.2) is 0 Å². The molecule has 0 saturated heterocycles. The van der Waals surface area contributed by atoms with E-state index in [1.54, 1.807) is 14.1 Å². The number of hydrogen-bond donors (Lipinski definition) is 2. The smallest absolute Gasteiger partial charge is 0.317 e. The lowest BCUT2D eigenvalue weighted by atomic mass is 10.1. The highest BCUT2D eigenvalue weighted by Crippen LogP contribution is 2.02. The van der Waals surface area contributed by atoms with E-state index in [-0.39, 0.29) is 24.9 Å². The summed E-state index contributed by atoms with van der Waals surface area (Å²) in [6.07, 6.45) is 3.41. The number of amides is 3. The Morgan fingerprint density at radius 1 is 1.05 bits per heavy atom. The van der Waals surface area contributed by atoms with Crippen molar-refractivity contribution in [2.75, 3.05) is 33.7 Å². The summed E-state index contributed by atoms with van der Waals surface area (Å²) >= 11 is 0. The summed E-state index contributed by atoms with van der Waals surface area (Å²) in [5, 5.41) is 11.3. The van der Waals surface area contributed by atoms with E-state index in [9.17, 15) is 14.4 Å². The fraction of sp³-hybridized carbons (Fsp3) is 0.786. The molecule has 0 aromatic heterocycles. The monoisotopic (exact) mass is 301 g/mol. The maximum absolute atomic E-state index is 11.9. The Morgan fingerprint density at radius 3 is 2.19 bits per heavy atom. The van der Waals surface area contributed by atoms with E-state index in [0.717, 1.165) is 19.3 Å². The van der Waals surface area contributed by atoms with E-state index in [1.165, 1.54) is 9.80 Å². The minimum atomic E-state index is -0.771. The predicted octanol–water partition coefficient (Wildman–Crippen LogP) is 1.14. The lowest BCUT2D eigenvalue weighted by Gasteiger charge is -2.22. The van der Waals surface area contributed by atoms with Crippen LogP contribution in [0.15, 0.2) is 0 Å². The van der Waals surface area contributed by atoms with Gasteiger partial charge in [0.1, 0.15) is 6.54 Å². The maximum atomic E-state index is 11.9. The number of hydrogen-bond acceptors (Lipinski definition) is 3. The minimum Gasteiger partial charge on any atom is -0.481 e. The van der Waals surface area contributed by atoms with Gasteiger partial charge in [-0.15, -0.1) is 0 Å². The topological polar surface area (TPSA) is 90.0 Å². The van der Waals surface area contributed by atoms with Gasteiger partial charge in [-0.3, -0.25) is 9.59 Å². The first kappa shape index (κ1) is 19.2. The molecule has 0 spiro atoms. The number of rotatable bonds is 10. The van der Waals surface area contributed by atoms with Crippen LogP contribution in [-0.4, -0.2) is 66.5 Å². The minimum absolute atomic E-state index is 0.0773. The van der Waals surface area contributed by atoms with Gasteiger partial charge in [0, 0.05) is 33.6 Å². The lowest BCUT2D eigenvalue weighted by molar-refractivity contribution is -0.137. The zero-order valence-electron chi connectivity index (χ0n) is 13.2. The number of likely N-dealkylation sites (N-methyl/N-ethyl adjacent to an activating group) is 2. The van der Waals surface area contributed by atoms with Gasteiger partial charge in [-0.05, 0) is 19.8 Å². The van der Waals surface area contributed by atoms with Crippen molar-refractivity contribution in [1.82, 2.24) is 15.1 Å². The molecule has 7 nitrogen and oxygen atoms in total. The number of carbonyl (C=O) groups is 3. The van der Waals surface area contributed by atoms with Crippen LogP contribution in [0.3, 0.4) is 0 Å². The molecule has 21 heavy (non-hydrogen) atoms. The molecule has 2 N–H and O–H groups in total. The zero-order chi connectivity index (χ0) is 16.3. The van der Waals surface area contributed by atoms with Crippen LogP contribution in [0.2, 0.25) is 0 Å². The number of carbonyl (C=O) groups excluding carboxylic acids is 2. The van der Waals surface area contributed by atoms with Crippen LogP contribution in [0.5, 0.6) is 0 Å². The first-order chi connectivity index (χ1) is 9.88. The second kappa shape index (κ2) is 10.9. The molecule has 0 rings (SSSR count). The highest BCUT2D eigenvalue weighted by molar-refractivity contribution is 5.83. The van der Waals surface area contributed by atoms with Crippen molar-refractivity contribution in [1.29, 1.82) is 0 Å². The summed E-state index contributed by atoms with van der Waals surface area (Å²) in [5.74, 6) is -0.881. The van der Waals surface area contributed by atoms with Crippen LogP contribution < -0.4 is 5.32 Å². The molecular weight excluding hydrogens is 274 g/mol. The van der Waals surface area contributed by atoms with Crippen molar-refractivity contribution in [3.63, 3.8) is 0 Å². The van der Waals surface area contributed by atoms with Crippen LogP contribution in [0, 0.1) is 0 Å². The van der Waals surface area contributed by atoms with Gasteiger partial charge in [-0.25, -0.2) is 4.79 Å². The Bertz CT molecular complexity index is 345. The Hall–Kier alpha value is -1.79. The van der Waals surface area contributed by atoms with Crippen molar-refractivity contribution >= 4 is 17.9 Å². The fourth-order valence-corrected chi connectivity index (χ4v) is 1.69. The Labute approximate surface area is 126 Å². The quantitative estimate of drug-likeness (QED) is 0.592. The van der Waals surface area contributed by atoms with Gasteiger partial charge in [-0.1, -0.05) is 12.8 Å². The third kappa shape index (κ3) is 9.70. The van der Waals surface area contributed by atoms with E-state index in [2.05, 4.69) is 5.32 Å². The summed E-state index contributed by atoms with van der Waals surface area (Å²) in [6.45, 7) is 2.92. The first-order valence-electron chi connectivity index (χ1n) is 7.33. The SMILES string of the molecule is CCN(CC(=O)N(C)C)C(=O)NCCCCCCC(=O)O. The van der Waals surface area contributed by atoms with Gasteiger partial charge < -0.3 is 20.2 Å². The second-order valence-electron chi connectivity index (χ2n) is 5.09. The van der Waals surface area contributed by atoms with E-state index >= 15 is 0 Å². The molecule has 0 atom stereocenters. The summed E-state index contributed by atoms with van der Waals surface area (Å²) in [6, 6.07) is -0.238. The maximum Gasteiger partial charge on any atom is 0.317 e. The van der Waals surface area contributed by atoms with Crippen molar-refractivity contribution in [3.8, 4) is 0 Å². The number of carboxylic acids is 1. The van der Waals surface area contributed by atoms with Crippen LogP contribution in [0.1, 0.15) is 39.0 Å². The largest absolute Gasteiger partial charge is 0.481 e. The van der Waals surface area contributed by atoms with Crippen LogP contribution >= 0.6 is 0 Å². The summed E-state index contributed by atoms with van der Waals surface area (Å²) in [5.41, 5.74) is 0. The number of urea groups is 1. The molecule has 0 fully saturated rings. The van der Waals surface area contributed by atoms with Gasteiger partial charge in [0.2, 0.25) is 5.91 Å². The van der Waals surface area contributed by atoms with Crippen LogP contribution in [0.4, 0.5) is 4.79 Å². The van der Waals surface area contributed by atoms with Crippen molar-refractivity contribution in [2.24, 2.45) is 0 Å². The standard InChI is InChI=1S/C14H27N3O4/c1-4-17(11-12(18)16(2)3)14(21)15-10-8-6-5-7-9-13(19)20/h4-11H2,1-3H3,(H,15,21)(H,19,20). The molecule has 0 aliphatic carbocycles. The molecular formula is C14H27N3O4. The summed E-state index contributed by atoms with van der Waals surface area (Å²) < 4.78 is 0. The van der Waals surface area contributed by atoms with Crippen LogP contribution in [-0.2, 0) is 9.59 Å². The van der Waals surface area contributed by atoms with E-state index in [1.807, 2.05) is 6.92 Å². The van der Waals surface area contributed by atoms with Crippen molar-refractivity contribution in [3.05, 3.63) is 0 Å². The molecule has 0 unspecified atom stereocenters. The number of unbranched alkanes of at least 4 members (excludes halogenated alkanes) is 3. The molecule has 122 valence electrons. The van der Waals surface area contributed by atoms with E-state index < -0.39 is 5.97 Å². The third-order valence-electron chi connectivity index (χ3n) is 3.09. The van der Waals surface area contributed by atoms with E-state index in [0.29, 0.717) is 19.5 Å². The highest BCUT2D eigenvalue weighted by Gasteiger charge is 2.15. The normalized spacial score (nSPS) is 10.0. The number of carboxylic acid groups (broad SMARTS) is 1. The number of nitrogens with zero attached hydrogens (tertiary/aromatic N) is 2. The number of aliphatic carboxylic acids is 1. The number of nitrogens with one attached hydrogen (secondary N) is 1. The van der Waals surface area contributed by atoms with Gasteiger partial charge in [0.05, 0.1) is 0 Å². The van der Waals surface area contributed by atoms with Gasteiger partial charge >= 0.3 is 12.0 Å². The first-order valence-corrected chi connectivity index (χ1v) is 7.33. The van der Waals surface area contributed by atoms with Gasteiger partial charge in [0.25, 0.3) is 0 Å². The zero-order valence-corrected chi connectivity index (χ0v) is 13.2. The van der Waals surface area contributed by atoms with Gasteiger partial charge in [-0.2, -0.15) is 0 Å². The fourth-order valence-electron chi connectivity index (χ4n) is 1.69. The molecule has 3 amide bonds. The van der Waals surface area contributed by atoms with Crippen molar-refractivity contribution < 1.29 is 19.5 Å². The highest BCUT2D eigenvalue weighted by atomic mass is 16.4. The summed E-state index contributed by atoms with van der Waals surface area (Å²) in [4.78, 5) is 36.7. The van der Waals surface area contributed by atoms with Crippen molar-refractivity contribution in [2.45, 2.75) is 39.0 Å². The second-order valence-corrected chi connectivity index (χ2v) is 5.09. The Kier molecular flexibility index (Phi) is 10.0. The molecule has 0 aromatic carbocycles. The average Bonchev–Trinajstić information content (AvgIpc) is 2.42. The predicted molar refractivity (Wildman–Crippen MR) is 80.1 cm³/mol. The summed E-state index contributed by atoms with van der Waals surface area (Å²) in [7, 11) is 3.32. The molecule has 0 radical (unpaired) electrons. The average molecular weight is 301 g/mol. The third-order valence-corrected chi connectivity index (χ3v) is 3.09. The molecule has 0 heterocycles. The Balaban J connectivity index is 3.80. The molecule has 7 heteroatoms. The van der Waals surface area contributed by atoms with Crippen LogP contribution in [0.25, 0.3) is 0 Å². The molecule has 0 bridgehead atoms. The van der Waals surface area contributed by atoms with E-state index in [4.69, 9.17) is 5.11 Å². The Morgan fingerprint density at radius 2 is 1.67 bits per heavy atom. The molecule has 0 aliphatic heterocycles. The molecule has 0 saturated carbocycles. The molecule has 0 aromatic rings. The molecule has 0 aliphatic rings. The lowest BCUT2D eigenvalue weighted by Crippen LogP contribution is -2.45.